The minimum atomic E-state index is -4.58. The molecule has 1 saturated carbocycles. The Labute approximate surface area is 172 Å². The van der Waals surface area contributed by atoms with Crippen molar-refractivity contribution in [3.05, 3.63) is 59.4 Å². The van der Waals surface area contributed by atoms with E-state index in [1.165, 1.54) is 12.1 Å². The quantitative estimate of drug-likeness (QED) is 0.720. The summed E-state index contributed by atoms with van der Waals surface area (Å²) in [5, 5.41) is 13.7. The van der Waals surface area contributed by atoms with Gasteiger partial charge in [0.25, 0.3) is 5.91 Å². The van der Waals surface area contributed by atoms with Gasteiger partial charge in [-0.25, -0.2) is 5.43 Å². The van der Waals surface area contributed by atoms with Gasteiger partial charge in [-0.15, -0.1) is 0 Å². The van der Waals surface area contributed by atoms with E-state index in [0.29, 0.717) is 36.9 Å². The highest BCUT2D eigenvalue weighted by atomic mass is 19.4. The molecule has 1 aromatic heterocycles. The van der Waals surface area contributed by atoms with Gasteiger partial charge in [0, 0.05) is 42.8 Å². The van der Waals surface area contributed by atoms with Gasteiger partial charge < -0.3 is 5.32 Å². The third kappa shape index (κ3) is 4.89. The van der Waals surface area contributed by atoms with Gasteiger partial charge in [0.2, 0.25) is 0 Å². The first kappa shape index (κ1) is 21.6. The van der Waals surface area contributed by atoms with Crippen LogP contribution in [0.4, 0.5) is 18.9 Å². The molecular formula is C21H22F3N5O. The Morgan fingerprint density at radius 2 is 1.83 bits per heavy atom. The average molecular weight is 417 g/mol. The molecule has 0 aliphatic heterocycles. The zero-order chi connectivity index (χ0) is 21.7. The number of hydrogen-bond donors (Lipinski definition) is 2. The topological polar surface area (TPSA) is 81.1 Å². The Morgan fingerprint density at radius 3 is 2.40 bits per heavy atom. The molecule has 0 atom stereocenters. The molecule has 0 bridgehead atoms. The normalized spacial score (nSPS) is 19.0. The first-order valence-corrected chi connectivity index (χ1v) is 9.62. The van der Waals surface area contributed by atoms with Crippen LogP contribution in [0.2, 0.25) is 0 Å². The number of anilines is 1. The number of amides is 1. The SMILES string of the molecule is CNN(C(=O)c1ccncc1)C1CCC(Nc2ccc(C#N)c(C(F)(F)F)c2)CC1. The van der Waals surface area contributed by atoms with E-state index in [1.807, 2.05) is 0 Å². The third-order valence-corrected chi connectivity index (χ3v) is 5.27. The van der Waals surface area contributed by atoms with Crippen molar-refractivity contribution >= 4 is 11.6 Å². The van der Waals surface area contributed by atoms with Gasteiger partial charge in [-0.05, 0) is 56.0 Å². The lowest BCUT2D eigenvalue weighted by atomic mass is 9.90. The number of pyridine rings is 1. The second-order valence-corrected chi connectivity index (χ2v) is 7.15. The first-order chi connectivity index (χ1) is 14.3. The number of carbonyl (C=O) groups excluding carboxylic acids is 1. The molecule has 0 unspecified atom stereocenters. The maximum Gasteiger partial charge on any atom is 0.417 e. The van der Waals surface area contributed by atoms with E-state index < -0.39 is 17.3 Å². The minimum absolute atomic E-state index is 0.00926. The summed E-state index contributed by atoms with van der Waals surface area (Å²) in [6, 6.07) is 8.54. The summed E-state index contributed by atoms with van der Waals surface area (Å²) in [6.45, 7) is 0. The fourth-order valence-corrected chi connectivity index (χ4v) is 3.76. The van der Waals surface area contributed by atoms with Gasteiger partial charge in [0.1, 0.15) is 0 Å². The molecule has 1 aromatic carbocycles. The second-order valence-electron chi connectivity index (χ2n) is 7.15. The highest BCUT2D eigenvalue weighted by Gasteiger charge is 2.34. The zero-order valence-corrected chi connectivity index (χ0v) is 16.4. The van der Waals surface area contributed by atoms with Crippen LogP contribution < -0.4 is 10.7 Å². The number of carbonyl (C=O) groups is 1. The third-order valence-electron chi connectivity index (χ3n) is 5.27. The Hall–Kier alpha value is -3.12. The number of benzene rings is 1. The number of nitrogens with one attached hydrogen (secondary N) is 2. The van der Waals surface area contributed by atoms with Crippen molar-refractivity contribution in [3.8, 4) is 6.07 Å². The van der Waals surface area contributed by atoms with Crippen LogP contribution in [0.25, 0.3) is 0 Å². The van der Waals surface area contributed by atoms with Crippen LogP contribution >= 0.6 is 0 Å². The molecule has 6 nitrogen and oxygen atoms in total. The molecule has 9 heteroatoms. The lowest BCUT2D eigenvalue weighted by Gasteiger charge is -2.36. The predicted molar refractivity (Wildman–Crippen MR) is 105 cm³/mol. The summed E-state index contributed by atoms with van der Waals surface area (Å²) in [6.07, 6.45) is 1.36. The van der Waals surface area contributed by atoms with Crippen LogP contribution in [-0.2, 0) is 6.18 Å². The number of nitrogens with zero attached hydrogens (tertiary/aromatic N) is 3. The summed E-state index contributed by atoms with van der Waals surface area (Å²) in [4.78, 5) is 16.6. The van der Waals surface area contributed by atoms with Crippen LogP contribution in [0, 0.1) is 11.3 Å². The Morgan fingerprint density at radius 1 is 1.17 bits per heavy atom. The molecule has 1 aliphatic rings. The van der Waals surface area contributed by atoms with Crippen molar-refractivity contribution in [3.63, 3.8) is 0 Å². The van der Waals surface area contributed by atoms with Crippen LogP contribution in [-0.4, -0.2) is 35.0 Å². The number of hydrogen-bond acceptors (Lipinski definition) is 5. The smallest absolute Gasteiger partial charge is 0.382 e. The Kier molecular flexibility index (Phi) is 6.57. The van der Waals surface area contributed by atoms with Crippen LogP contribution in [0.15, 0.2) is 42.7 Å². The van der Waals surface area contributed by atoms with Crippen LogP contribution in [0.5, 0.6) is 0 Å². The van der Waals surface area contributed by atoms with Crippen molar-refractivity contribution in [2.45, 2.75) is 43.9 Å². The predicted octanol–water partition coefficient (Wildman–Crippen LogP) is 3.97. The van der Waals surface area contributed by atoms with Gasteiger partial charge in [-0.1, -0.05) is 0 Å². The van der Waals surface area contributed by atoms with Crippen molar-refractivity contribution in [2.75, 3.05) is 12.4 Å². The molecule has 30 heavy (non-hydrogen) atoms. The maximum absolute atomic E-state index is 13.2. The highest BCUT2D eigenvalue weighted by Crippen LogP contribution is 2.34. The Balaban J connectivity index is 1.63. The molecule has 0 saturated heterocycles. The monoisotopic (exact) mass is 417 g/mol. The fraction of sp³-hybridized carbons (Fsp3) is 0.381. The molecule has 1 aliphatic carbocycles. The average Bonchev–Trinajstić information content (AvgIpc) is 2.75. The van der Waals surface area contributed by atoms with E-state index in [-0.39, 0.29) is 18.0 Å². The Bertz CT molecular complexity index is 918. The first-order valence-electron chi connectivity index (χ1n) is 9.62. The molecule has 1 fully saturated rings. The van der Waals surface area contributed by atoms with Crippen LogP contribution in [0.1, 0.15) is 47.2 Å². The molecule has 3 rings (SSSR count). The number of alkyl halides is 3. The van der Waals surface area contributed by atoms with E-state index >= 15 is 0 Å². The minimum Gasteiger partial charge on any atom is -0.382 e. The highest BCUT2D eigenvalue weighted by molar-refractivity contribution is 5.93. The maximum atomic E-state index is 13.2. The molecular weight excluding hydrogens is 395 g/mol. The molecule has 158 valence electrons. The van der Waals surface area contributed by atoms with Crippen LogP contribution in [0.3, 0.4) is 0 Å². The van der Waals surface area contributed by atoms with Crippen molar-refractivity contribution in [1.29, 1.82) is 5.26 Å². The molecule has 0 radical (unpaired) electrons. The van der Waals surface area contributed by atoms with Gasteiger partial charge in [0.05, 0.1) is 17.2 Å². The fourth-order valence-electron chi connectivity index (χ4n) is 3.76. The lowest BCUT2D eigenvalue weighted by Crippen LogP contribution is -2.50. The van der Waals surface area contributed by atoms with Gasteiger partial charge in [-0.3, -0.25) is 14.8 Å². The lowest BCUT2D eigenvalue weighted by molar-refractivity contribution is -0.137. The summed E-state index contributed by atoms with van der Waals surface area (Å²) >= 11 is 0. The van der Waals surface area contributed by atoms with Crippen molar-refractivity contribution < 1.29 is 18.0 Å². The van der Waals surface area contributed by atoms with E-state index in [1.54, 1.807) is 42.7 Å². The number of nitriles is 1. The molecule has 2 aromatic rings. The molecule has 1 heterocycles. The summed E-state index contributed by atoms with van der Waals surface area (Å²) in [7, 11) is 1.69. The van der Waals surface area contributed by atoms with E-state index in [4.69, 9.17) is 5.26 Å². The van der Waals surface area contributed by atoms with E-state index in [2.05, 4.69) is 15.7 Å². The summed E-state index contributed by atoms with van der Waals surface area (Å²) < 4.78 is 39.5. The molecule has 0 spiro atoms. The number of rotatable bonds is 5. The summed E-state index contributed by atoms with van der Waals surface area (Å²) in [5.41, 5.74) is 2.50. The second kappa shape index (κ2) is 9.13. The van der Waals surface area contributed by atoms with Gasteiger partial charge >= 0.3 is 6.18 Å². The van der Waals surface area contributed by atoms with Gasteiger partial charge in [0.15, 0.2) is 0 Å². The van der Waals surface area contributed by atoms with E-state index in [0.717, 1.165) is 6.07 Å². The largest absolute Gasteiger partial charge is 0.417 e. The zero-order valence-electron chi connectivity index (χ0n) is 16.4. The molecule has 2 N–H and O–H groups in total. The van der Waals surface area contributed by atoms with E-state index in [9.17, 15) is 18.0 Å². The number of hydrazine groups is 1. The standard InChI is InChI=1S/C21H22F3N5O/c1-26-29(20(30)14-8-10-27-11-9-14)18-6-4-16(5-7-18)28-17-3-2-15(13-25)19(12-17)21(22,23)24/h2-3,8-12,16,18,26,28H,4-7H2,1H3. The van der Waals surface area contributed by atoms with Crippen molar-refractivity contribution in [2.24, 2.45) is 0 Å². The number of aromatic nitrogens is 1. The molecule has 1 amide bonds. The van der Waals surface area contributed by atoms with Crippen molar-refractivity contribution in [1.82, 2.24) is 15.4 Å². The number of halogens is 3. The summed E-state index contributed by atoms with van der Waals surface area (Å²) in [5.74, 6) is -0.141. The van der Waals surface area contributed by atoms with Gasteiger partial charge in [-0.2, -0.15) is 18.4 Å².